The predicted octanol–water partition coefficient (Wildman–Crippen LogP) is 1.85. The van der Waals surface area contributed by atoms with Crippen molar-refractivity contribution in [2.75, 3.05) is 13.2 Å². The van der Waals surface area contributed by atoms with Gasteiger partial charge in [-0.05, 0) is 18.2 Å². The lowest BCUT2D eigenvalue weighted by Crippen LogP contribution is -2.34. The fourth-order valence-corrected chi connectivity index (χ4v) is 2.24. The number of aromatic nitrogens is 1. The van der Waals surface area contributed by atoms with Gasteiger partial charge in [0.05, 0.1) is 5.56 Å². The molecule has 0 saturated carbocycles. The zero-order valence-electron chi connectivity index (χ0n) is 11.8. The molecule has 6 nitrogen and oxygen atoms in total. The summed E-state index contributed by atoms with van der Waals surface area (Å²) in [5.41, 5.74) is 0.813. The topological polar surface area (TPSA) is 87.1 Å². The van der Waals surface area contributed by atoms with Gasteiger partial charge in [0.25, 0.3) is 5.91 Å². The van der Waals surface area contributed by atoms with Gasteiger partial charge in [-0.1, -0.05) is 12.1 Å². The van der Waals surface area contributed by atoms with E-state index in [-0.39, 0.29) is 12.0 Å². The average Bonchev–Trinajstić information content (AvgIpc) is 3.04. The predicted molar refractivity (Wildman–Crippen MR) is 78.8 cm³/mol. The Bertz CT molecular complexity index is 717. The van der Waals surface area contributed by atoms with Crippen LogP contribution in [0.3, 0.4) is 0 Å². The van der Waals surface area contributed by atoms with Gasteiger partial charge in [-0.25, -0.2) is 0 Å². The Balaban J connectivity index is 1.48. The Morgan fingerprint density at radius 3 is 3.00 bits per heavy atom. The van der Waals surface area contributed by atoms with Crippen LogP contribution in [-0.2, 0) is 0 Å². The summed E-state index contributed by atoms with van der Waals surface area (Å²) in [7, 11) is 0. The average molecular weight is 297 g/mol. The number of carbonyl (C=O) groups is 1. The minimum Gasteiger partial charge on any atom is -0.486 e. The molecule has 0 fully saturated rings. The van der Waals surface area contributed by atoms with Crippen molar-refractivity contribution < 1.29 is 14.3 Å². The molecule has 1 aliphatic rings. The second kappa shape index (κ2) is 6.22. The third kappa shape index (κ3) is 3.04. The molecule has 6 heteroatoms. The zero-order chi connectivity index (χ0) is 15.4. The first-order valence-electron chi connectivity index (χ1n) is 7.01. The molecule has 112 valence electrons. The molecule has 1 aromatic carbocycles. The van der Waals surface area contributed by atoms with Crippen molar-refractivity contribution in [3.8, 4) is 17.6 Å². The Labute approximate surface area is 127 Å². The summed E-state index contributed by atoms with van der Waals surface area (Å²) in [6, 6.07) is 11.0. The number of fused-ring (bicyclic) bond motifs is 1. The monoisotopic (exact) mass is 297 g/mol. The van der Waals surface area contributed by atoms with E-state index in [9.17, 15) is 4.79 Å². The number of nitriles is 1. The fraction of sp³-hybridized carbons (Fsp3) is 0.250. The minimum atomic E-state index is -0.237. The summed E-state index contributed by atoms with van der Waals surface area (Å²) in [4.78, 5) is 14.7. The number of carbonyl (C=O) groups excluding carboxylic acids is 1. The molecule has 2 N–H and O–H groups in total. The van der Waals surface area contributed by atoms with Crippen molar-refractivity contribution in [2.45, 2.75) is 12.5 Å². The molecular weight excluding hydrogens is 282 g/mol. The summed E-state index contributed by atoms with van der Waals surface area (Å²) in [5, 5.41) is 11.5. The summed E-state index contributed by atoms with van der Waals surface area (Å²) < 4.78 is 11.4. The van der Waals surface area contributed by atoms with Crippen LogP contribution in [0.2, 0.25) is 0 Å². The lowest BCUT2D eigenvalue weighted by molar-refractivity contribution is 0.0811. The first kappa shape index (κ1) is 14.0. The SMILES string of the molecule is N#Cc1c[nH]c(C(=O)NCCC2COc3ccccc3O2)c1. The van der Waals surface area contributed by atoms with Crippen LogP contribution >= 0.6 is 0 Å². The summed E-state index contributed by atoms with van der Waals surface area (Å²) in [6.45, 7) is 0.934. The van der Waals surface area contributed by atoms with Crippen molar-refractivity contribution >= 4 is 5.91 Å². The van der Waals surface area contributed by atoms with E-state index in [1.54, 1.807) is 0 Å². The molecule has 0 spiro atoms. The molecule has 2 heterocycles. The van der Waals surface area contributed by atoms with Gasteiger partial charge in [0, 0.05) is 19.2 Å². The highest BCUT2D eigenvalue weighted by Crippen LogP contribution is 2.31. The van der Waals surface area contributed by atoms with Crippen LogP contribution in [0.1, 0.15) is 22.5 Å². The van der Waals surface area contributed by atoms with Crippen molar-refractivity contribution in [1.29, 1.82) is 5.26 Å². The number of H-pyrrole nitrogens is 1. The first-order valence-corrected chi connectivity index (χ1v) is 7.01. The van der Waals surface area contributed by atoms with Crippen LogP contribution < -0.4 is 14.8 Å². The van der Waals surface area contributed by atoms with Crippen molar-refractivity contribution in [3.63, 3.8) is 0 Å². The number of hydrogen-bond donors (Lipinski definition) is 2. The highest BCUT2D eigenvalue weighted by atomic mass is 16.6. The molecule has 2 aromatic rings. The van der Waals surface area contributed by atoms with Gasteiger partial charge in [-0.3, -0.25) is 4.79 Å². The number of aromatic amines is 1. The second-order valence-corrected chi connectivity index (χ2v) is 4.96. The van der Waals surface area contributed by atoms with E-state index in [0.29, 0.717) is 30.8 Å². The van der Waals surface area contributed by atoms with E-state index in [0.717, 1.165) is 11.5 Å². The largest absolute Gasteiger partial charge is 0.486 e. The standard InChI is InChI=1S/C16H15N3O3/c17-8-11-7-13(19-9-11)16(20)18-6-5-12-10-21-14-3-1-2-4-15(14)22-12/h1-4,7,9,12,19H,5-6,10H2,(H,18,20). The van der Waals surface area contributed by atoms with Gasteiger partial charge in [-0.2, -0.15) is 5.26 Å². The van der Waals surface area contributed by atoms with E-state index in [4.69, 9.17) is 14.7 Å². The number of rotatable bonds is 4. The number of hydrogen-bond acceptors (Lipinski definition) is 4. The Morgan fingerprint density at radius 2 is 2.23 bits per heavy atom. The zero-order valence-corrected chi connectivity index (χ0v) is 11.8. The summed E-state index contributed by atoms with van der Waals surface area (Å²) in [6.07, 6.45) is 2.06. The molecule has 1 unspecified atom stereocenters. The fourth-order valence-electron chi connectivity index (χ4n) is 2.24. The highest BCUT2D eigenvalue weighted by Gasteiger charge is 2.20. The molecule has 0 aliphatic carbocycles. The molecule has 0 bridgehead atoms. The van der Waals surface area contributed by atoms with Gasteiger partial charge in [0.1, 0.15) is 24.5 Å². The highest BCUT2D eigenvalue weighted by molar-refractivity contribution is 5.92. The number of benzene rings is 1. The van der Waals surface area contributed by atoms with E-state index >= 15 is 0 Å². The van der Waals surface area contributed by atoms with Gasteiger partial charge < -0.3 is 19.8 Å². The molecule has 0 radical (unpaired) electrons. The van der Waals surface area contributed by atoms with E-state index < -0.39 is 0 Å². The first-order chi connectivity index (χ1) is 10.8. The van der Waals surface area contributed by atoms with Crippen LogP contribution in [-0.4, -0.2) is 30.1 Å². The van der Waals surface area contributed by atoms with Gasteiger partial charge in [-0.15, -0.1) is 0 Å². The molecule has 1 amide bonds. The number of amides is 1. The Hall–Kier alpha value is -2.94. The second-order valence-electron chi connectivity index (χ2n) is 4.96. The maximum atomic E-state index is 11.9. The molecule has 1 aliphatic heterocycles. The maximum Gasteiger partial charge on any atom is 0.267 e. The Kier molecular flexibility index (Phi) is 3.97. The van der Waals surface area contributed by atoms with Crippen molar-refractivity contribution in [3.05, 3.63) is 47.8 Å². The molecule has 1 aromatic heterocycles. The number of para-hydroxylation sites is 2. The number of ether oxygens (including phenoxy) is 2. The molecule has 1 atom stereocenters. The van der Waals surface area contributed by atoms with E-state index in [1.807, 2.05) is 30.3 Å². The lowest BCUT2D eigenvalue weighted by atomic mass is 10.2. The van der Waals surface area contributed by atoms with E-state index in [2.05, 4.69) is 10.3 Å². The number of nitrogens with one attached hydrogen (secondary N) is 2. The lowest BCUT2D eigenvalue weighted by Gasteiger charge is -2.26. The van der Waals surface area contributed by atoms with Gasteiger partial charge >= 0.3 is 0 Å². The molecular formula is C16H15N3O3. The third-order valence-electron chi connectivity index (χ3n) is 3.38. The van der Waals surface area contributed by atoms with Crippen LogP contribution in [0.15, 0.2) is 36.5 Å². The Morgan fingerprint density at radius 1 is 1.41 bits per heavy atom. The van der Waals surface area contributed by atoms with Crippen molar-refractivity contribution in [2.24, 2.45) is 0 Å². The van der Waals surface area contributed by atoms with E-state index in [1.165, 1.54) is 12.3 Å². The van der Waals surface area contributed by atoms with Crippen LogP contribution in [0.4, 0.5) is 0 Å². The maximum absolute atomic E-state index is 11.9. The molecule has 0 saturated heterocycles. The van der Waals surface area contributed by atoms with Crippen LogP contribution in [0.25, 0.3) is 0 Å². The summed E-state index contributed by atoms with van der Waals surface area (Å²) >= 11 is 0. The third-order valence-corrected chi connectivity index (χ3v) is 3.38. The van der Waals surface area contributed by atoms with Crippen molar-refractivity contribution in [1.82, 2.24) is 10.3 Å². The quantitative estimate of drug-likeness (QED) is 0.901. The smallest absolute Gasteiger partial charge is 0.267 e. The summed E-state index contributed by atoms with van der Waals surface area (Å²) in [5.74, 6) is 1.24. The molecule has 22 heavy (non-hydrogen) atoms. The molecule has 3 rings (SSSR count). The van der Waals surface area contributed by atoms with Gasteiger partial charge in [0.15, 0.2) is 11.5 Å². The van der Waals surface area contributed by atoms with Gasteiger partial charge in [0.2, 0.25) is 0 Å². The van der Waals surface area contributed by atoms with Crippen LogP contribution in [0, 0.1) is 11.3 Å². The van der Waals surface area contributed by atoms with Crippen LogP contribution in [0.5, 0.6) is 11.5 Å². The normalized spacial score (nSPS) is 15.9. The minimum absolute atomic E-state index is 0.0893. The number of nitrogens with zero attached hydrogens (tertiary/aromatic N) is 1.